The first-order valence-corrected chi connectivity index (χ1v) is 8.47. The van der Waals surface area contributed by atoms with Crippen LogP contribution in [0.15, 0.2) is 18.2 Å². The molecule has 136 valence electrons. The lowest BCUT2D eigenvalue weighted by Crippen LogP contribution is -2.47. The molecule has 0 bridgehead atoms. The van der Waals surface area contributed by atoms with Crippen molar-refractivity contribution < 1.29 is 14.7 Å². The Labute approximate surface area is 150 Å². The van der Waals surface area contributed by atoms with Crippen molar-refractivity contribution in [3.63, 3.8) is 0 Å². The summed E-state index contributed by atoms with van der Waals surface area (Å²) in [6.07, 6.45) is 2.63. The molecule has 25 heavy (non-hydrogen) atoms. The zero-order valence-electron chi connectivity index (χ0n) is 13.7. The molecule has 1 saturated heterocycles. The third-order valence-corrected chi connectivity index (χ3v) is 4.05. The highest BCUT2D eigenvalue weighted by molar-refractivity contribution is 6.31. The number of rotatable bonds is 4. The number of H-pyrrole nitrogens is 1. The van der Waals surface area contributed by atoms with Crippen molar-refractivity contribution in [2.45, 2.75) is 25.3 Å². The number of hydrogen-bond donors (Lipinski definition) is 5. The fourth-order valence-electron chi connectivity index (χ4n) is 2.65. The van der Waals surface area contributed by atoms with Crippen molar-refractivity contribution in [3.8, 4) is 0 Å². The van der Waals surface area contributed by atoms with Gasteiger partial charge in [-0.2, -0.15) is 0 Å². The van der Waals surface area contributed by atoms with Crippen LogP contribution in [-0.2, 0) is 11.2 Å². The van der Waals surface area contributed by atoms with Crippen molar-refractivity contribution in [1.82, 2.24) is 25.9 Å². The zero-order valence-corrected chi connectivity index (χ0v) is 14.5. The molecule has 0 radical (unpaired) electrons. The molecule has 2 aromatic rings. The quantitative estimate of drug-likeness (QED) is 0.525. The molecule has 1 aliphatic heterocycles. The van der Waals surface area contributed by atoms with E-state index in [-0.39, 0.29) is 18.5 Å². The van der Waals surface area contributed by atoms with E-state index in [1.807, 2.05) is 18.2 Å². The third kappa shape index (κ3) is 6.24. The molecule has 1 fully saturated rings. The summed E-state index contributed by atoms with van der Waals surface area (Å²) in [5.74, 6) is 0.847. The second-order valence-corrected chi connectivity index (χ2v) is 6.06. The molecular formula is C16H22ClN5O3. The average molecular weight is 368 g/mol. The Morgan fingerprint density at radius 1 is 1.40 bits per heavy atom. The molecule has 9 heteroatoms. The molecule has 1 aromatic carbocycles. The SMILES string of the molecule is O=C(NCCc1nc2ccc(Cl)cc2[nH]1)NC1CCNCC1.O=CO. The maximum Gasteiger partial charge on any atom is 0.315 e. The Morgan fingerprint density at radius 2 is 2.12 bits per heavy atom. The molecule has 5 N–H and O–H groups in total. The summed E-state index contributed by atoms with van der Waals surface area (Å²) in [4.78, 5) is 27.9. The van der Waals surface area contributed by atoms with Crippen LogP contribution in [0.4, 0.5) is 4.79 Å². The Bertz CT molecular complexity index is 700. The van der Waals surface area contributed by atoms with Gasteiger partial charge in [0.05, 0.1) is 11.0 Å². The lowest BCUT2D eigenvalue weighted by atomic mass is 10.1. The van der Waals surface area contributed by atoms with Crippen LogP contribution in [0.5, 0.6) is 0 Å². The maximum absolute atomic E-state index is 11.8. The second kappa shape index (κ2) is 9.85. The number of carboxylic acid groups (broad SMARTS) is 1. The molecule has 0 aliphatic carbocycles. The molecular weight excluding hydrogens is 346 g/mol. The van der Waals surface area contributed by atoms with Gasteiger partial charge in [-0.3, -0.25) is 4.79 Å². The van der Waals surface area contributed by atoms with Crippen molar-refractivity contribution in [3.05, 3.63) is 29.0 Å². The topological polar surface area (TPSA) is 119 Å². The molecule has 0 saturated carbocycles. The summed E-state index contributed by atoms with van der Waals surface area (Å²) in [6, 6.07) is 5.72. The summed E-state index contributed by atoms with van der Waals surface area (Å²) in [5.41, 5.74) is 1.81. The van der Waals surface area contributed by atoms with E-state index in [1.165, 1.54) is 0 Å². The Morgan fingerprint density at radius 3 is 2.84 bits per heavy atom. The predicted molar refractivity (Wildman–Crippen MR) is 95.9 cm³/mol. The number of carbonyl (C=O) groups excluding carboxylic acids is 1. The fourth-order valence-corrected chi connectivity index (χ4v) is 2.82. The number of amides is 2. The molecule has 0 spiro atoms. The van der Waals surface area contributed by atoms with Crippen LogP contribution in [0, 0.1) is 0 Å². The number of imidazole rings is 1. The standard InChI is InChI=1S/C15H20ClN5O.CH2O2/c16-10-1-2-12-13(9-10)21-14(20-12)5-8-18-15(22)19-11-3-6-17-7-4-11;2-1-3/h1-2,9,11,17H,3-8H2,(H,20,21)(H2,18,19,22);1H,(H,2,3). The van der Waals surface area contributed by atoms with Gasteiger partial charge in [0.2, 0.25) is 0 Å². The van der Waals surface area contributed by atoms with Gasteiger partial charge in [-0.05, 0) is 44.1 Å². The number of nitrogens with zero attached hydrogens (tertiary/aromatic N) is 1. The number of aromatic nitrogens is 2. The smallest absolute Gasteiger partial charge is 0.315 e. The zero-order chi connectivity index (χ0) is 18.1. The largest absolute Gasteiger partial charge is 0.483 e. The predicted octanol–water partition coefficient (Wildman–Crippen LogP) is 1.51. The molecule has 0 atom stereocenters. The summed E-state index contributed by atoms with van der Waals surface area (Å²) < 4.78 is 0. The Hall–Kier alpha value is -2.32. The van der Waals surface area contributed by atoms with E-state index in [9.17, 15) is 4.79 Å². The van der Waals surface area contributed by atoms with Crippen LogP contribution in [0.3, 0.4) is 0 Å². The summed E-state index contributed by atoms with van der Waals surface area (Å²) in [6.45, 7) is 2.23. The average Bonchev–Trinajstić information content (AvgIpc) is 2.98. The summed E-state index contributed by atoms with van der Waals surface area (Å²) in [5, 5.41) is 16.7. The number of urea groups is 1. The van der Waals surface area contributed by atoms with E-state index < -0.39 is 0 Å². The summed E-state index contributed by atoms with van der Waals surface area (Å²) >= 11 is 5.95. The molecule has 0 unspecified atom stereocenters. The van der Waals surface area contributed by atoms with Gasteiger partial charge in [-0.1, -0.05) is 11.6 Å². The van der Waals surface area contributed by atoms with Crippen molar-refractivity contribution in [1.29, 1.82) is 0 Å². The van der Waals surface area contributed by atoms with E-state index in [1.54, 1.807) is 0 Å². The Balaban J connectivity index is 0.000000701. The van der Waals surface area contributed by atoms with E-state index in [4.69, 9.17) is 21.5 Å². The lowest BCUT2D eigenvalue weighted by Gasteiger charge is -2.23. The van der Waals surface area contributed by atoms with Crippen molar-refractivity contribution >= 4 is 35.1 Å². The molecule has 8 nitrogen and oxygen atoms in total. The minimum Gasteiger partial charge on any atom is -0.483 e. The number of aromatic amines is 1. The van der Waals surface area contributed by atoms with Gasteiger partial charge < -0.3 is 26.0 Å². The van der Waals surface area contributed by atoms with Gasteiger partial charge in [0, 0.05) is 24.0 Å². The van der Waals surface area contributed by atoms with Crippen LogP contribution >= 0.6 is 11.6 Å². The van der Waals surface area contributed by atoms with Crippen LogP contribution in [0.2, 0.25) is 5.02 Å². The molecule has 2 amide bonds. The Kier molecular flexibility index (Phi) is 7.49. The monoisotopic (exact) mass is 367 g/mol. The van der Waals surface area contributed by atoms with Gasteiger partial charge in [0.1, 0.15) is 5.82 Å². The van der Waals surface area contributed by atoms with Gasteiger partial charge in [0.25, 0.3) is 6.47 Å². The minimum atomic E-state index is -0.250. The minimum absolute atomic E-state index is 0.106. The molecule has 2 heterocycles. The van der Waals surface area contributed by atoms with E-state index in [0.29, 0.717) is 18.0 Å². The van der Waals surface area contributed by atoms with Crippen LogP contribution in [0.25, 0.3) is 11.0 Å². The van der Waals surface area contributed by atoms with E-state index in [2.05, 4.69) is 25.9 Å². The number of carbonyl (C=O) groups is 2. The van der Waals surface area contributed by atoms with Crippen molar-refractivity contribution in [2.75, 3.05) is 19.6 Å². The highest BCUT2D eigenvalue weighted by Crippen LogP contribution is 2.17. The highest BCUT2D eigenvalue weighted by Gasteiger charge is 2.14. The van der Waals surface area contributed by atoms with Gasteiger partial charge in [-0.15, -0.1) is 0 Å². The van der Waals surface area contributed by atoms with Gasteiger partial charge in [-0.25, -0.2) is 9.78 Å². The lowest BCUT2D eigenvalue weighted by molar-refractivity contribution is -0.122. The molecule has 1 aliphatic rings. The molecule has 1 aromatic heterocycles. The molecule has 3 rings (SSSR count). The van der Waals surface area contributed by atoms with Crippen LogP contribution in [-0.4, -0.2) is 53.3 Å². The van der Waals surface area contributed by atoms with Gasteiger partial charge in [0.15, 0.2) is 0 Å². The fraction of sp³-hybridized carbons (Fsp3) is 0.438. The van der Waals surface area contributed by atoms with E-state index >= 15 is 0 Å². The number of piperidine rings is 1. The van der Waals surface area contributed by atoms with E-state index in [0.717, 1.165) is 42.8 Å². The number of nitrogens with one attached hydrogen (secondary N) is 4. The highest BCUT2D eigenvalue weighted by atomic mass is 35.5. The first-order valence-electron chi connectivity index (χ1n) is 8.09. The van der Waals surface area contributed by atoms with Crippen molar-refractivity contribution in [2.24, 2.45) is 0 Å². The third-order valence-electron chi connectivity index (χ3n) is 3.81. The first kappa shape index (κ1) is 19.0. The summed E-state index contributed by atoms with van der Waals surface area (Å²) in [7, 11) is 0. The number of halogens is 1. The normalized spacial score (nSPS) is 14.4. The number of hydrogen-bond acceptors (Lipinski definition) is 4. The number of fused-ring (bicyclic) bond motifs is 1. The maximum atomic E-state index is 11.8. The second-order valence-electron chi connectivity index (χ2n) is 5.62. The first-order chi connectivity index (χ1) is 12.1. The number of benzene rings is 1. The van der Waals surface area contributed by atoms with Crippen LogP contribution < -0.4 is 16.0 Å². The van der Waals surface area contributed by atoms with Gasteiger partial charge >= 0.3 is 6.03 Å². The van der Waals surface area contributed by atoms with Crippen LogP contribution in [0.1, 0.15) is 18.7 Å².